The van der Waals surface area contributed by atoms with Crippen molar-refractivity contribution in [1.29, 1.82) is 0 Å². The Morgan fingerprint density at radius 2 is 1.59 bits per heavy atom. The molecule has 4 aromatic carbocycles. The number of carbonyl (C=O) groups excluding carboxylic acids is 2. The largest absolute Gasteiger partial charge is 0.495 e. The Balaban J connectivity index is 1.66. The van der Waals surface area contributed by atoms with Gasteiger partial charge in [0.05, 0.1) is 40.4 Å². The summed E-state index contributed by atoms with van der Waals surface area (Å²) in [7, 11) is -2.53. The van der Waals surface area contributed by atoms with Crippen molar-refractivity contribution in [3.05, 3.63) is 112 Å². The molecule has 1 aliphatic rings. The molecule has 5 rings (SSSR count). The predicted molar refractivity (Wildman–Crippen MR) is 150 cm³/mol. The van der Waals surface area contributed by atoms with E-state index in [1.807, 2.05) is 45.0 Å². The zero-order chi connectivity index (χ0) is 27.9. The Morgan fingerprint density at radius 1 is 0.872 bits per heavy atom. The van der Waals surface area contributed by atoms with Crippen LogP contribution in [0.1, 0.15) is 43.0 Å². The van der Waals surface area contributed by atoms with Crippen LogP contribution in [0.4, 0.5) is 11.4 Å². The van der Waals surface area contributed by atoms with E-state index in [0.29, 0.717) is 11.4 Å². The van der Waals surface area contributed by atoms with Crippen molar-refractivity contribution in [2.45, 2.75) is 37.1 Å². The van der Waals surface area contributed by atoms with E-state index in [2.05, 4.69) is 5.32 Å². The number of anilines is 2. The van der Waals surface area contributed by atoms with Crippen LogP contribution in [0.5, 0.6) is 5.75 Å². The number of fused-ring (bicyclic) bond motifs is 2. The lowest BCUT2D eigenvalue weighted by Crippen LogP contribution is -2.31. The van der Waals surface area contributed by atoms with Gasteiger partial charge in [-0.3, -0.25) is 9.59 Å². The van der Waals surface area contributed by atoms with Gasteiger partial charge in [0.2, 0.25) is 9.84 Å². The van der Waals surface area contributed by atoms with E-state index < -0.39 is 21.7 Å². The summed E-state index contributed by atoms with van der Waals surface area (Å²) in [6.45, 7) is 5.95. The first-order chi connectivity index (χ1) is 18.6. The summed E-state index contributed by atoms with van der Waals surface area (Å²) in [6.07, 6.45) is 0. The van der Waals surface area contributed by atoms with Crippen LogP contribution in [0.3, 0.4) is 0 Å². The summed E-state index contributed by atoms with van der Waals surface area (Å²) < 4.78 is 32.9. The lowest BCUT2D eigenvalue weighted by molar-refractivity contribution is 0.0979. The Morgan fingerprint density at radius 3 is 2.36 bits per heavy atom. The molecular weight excluding hydrogens is 512 g/mol. The normalized spacial score (nSPS) is 13.7. The molecule has 0 fully saturated rings. The third-order valence-corrected chi connectivity index (χ3v) is 8.75. The minimum atomic E-state index is -4.05. The Hall–Kier alpha value is -4.43. The lowest BCUT2D eigenvalue weighted by Gasteiger charge is -2.24. The molecule has 0 spiro atoms. The first-order valence-corrected chi connectivity index (χ1v) is 13.9. The van der Waals surface area contributed by atoms with Crippen LogP contribution in [0.15, 0.2) is 88.7 Å². The average molecular weight is 541 g/mol. The number of aryl methyl sites for hydroxylation is 3. The number of ether oxygens (including phenoxy) is 1. The summed E-state index contributed by atoms with van der Waals surface area (Å²) in [5.41, 5.74) is 4.74. The molecule has 1 heterocycles. The standard InChI is InChI=1S/C31H28N2O5S/c1-19-9-11-21(3)23(15-19)18-33-26-17-22(30(34)32-25-16-20(2)10-13-27(25)38-4)12-14-29(26)39(36,37)28-8-6-5-7-24(28)31(33)35/h5-17H,18H2,1-4H3,(H,32,34). The molecule has 0 bridgehead atoms. The second-order valence-electron chi connectivity index (χ2n) is 9.66. The molecule has 7 nitrogen and oxygen atoms in total. The van der Waals surface area contributed by atoms with Crippen molar-refractivity contribution in [2.75, 3.05) is 17.3 Å². The van der Waals surface area contributed by atoms with Crippen molar-refractivity contribution >= 4 is 33.0 Å². The van der Waals surface area contributed by atoms with Gasteiger partial charge < -0.3 is 15.0 Å². The van der Waals surface area contributed by atoms with Crippen LogP contribution in [0.25, 0.3) is 0 Å². The number of hydrogen-bond acceptors (Lipinski definition) is 5. The summed E-state index contributed by atoms with van der Waals surface area (Å²) in [5.74, 6) is -0.416. The molecule has 0 saturated heterocycles. The van der Waals surface area contributed by atoms with Gasteiger partial charge in [-0.1, -0.05) is 42.0 Å². The number of benzene rings is 4. The van der Waals surface area contributed by atoms with Crippen LogP contribution in [0.2, 0.25) is 0 Å². The van der Waals surface area contributed by atoms with Gasteiger partial charge in [0, 0.05) is 5.56 Å². The molecule has 0 radical (unpaired) electrons. The summed E-state index contributed by atoms with van der Waals surface area (Å²) in [6, 6.07) is 21.9. The van der Waals surface area contributed by atoms with Gasteiger partial charge in [0.15, 0.2) is 0 Å². The molecule has 8 heteroatoms. The molecule has 39 heavy (non-hydrogen) atoms. The van der Waals surface area contributed by atoms with Crippen LogP contribution < -0.4 is 15.0 Å². The molecule has 0 unspecified atom stereocenters. The van der Waals surface area contributed by atoms with Gasteiger partial charge >= 0.3 is 0 Å². The number of nitrogens with one attached hydrogen (secondary N) is 1. The molecule has 2 amide bonds. The number of rotatable bonds is 5. The van der Waals surface area contributed by atoms with E-state index in [1.54, 1.807) is 24.3 Å². The second-order valence-corrected chi connectivity index (χ2v) is 11.5. The first kappa shape index (κ1) is 26.2. The molecule has 0 aliphatic carbocycles. The highest BCUT2D eigenvalue weighted by molar-refractivity contribution is 7.91. The summed E-state index contributed by atoms with van der Waals surface area (Å²) >= 11 is 0. The van der Waals surface area contributed by atoms with E-state index in [4.69, 9.17) is 4.74 Å². The highest BCUT2D eigenvalue weighted by Crippen LogP contribution is 2.39. The zero-order valence-corrected chi connectivity index (χ0v) is 22.9. The van der Waals surface area contributed by atoms with Crippen molar-refractivity contribution < 1.29 is 22.7 Å². The van der Waals surface area contributed by atoms with Crippen molar-refractivity contribution in [1.82, 2.24) is 0 Å². The van der Waals surface area contributed by atoms with E-state index in [1.165, 1.54) is 42.3 Å². The predicted octanol–water partition coefficient (Wildman–Crippen LogP) is 5.87. The van der Waals surface area contributed by atoms with Crippen molar-refractivity contribution in [3.8, 4) is 5.75 Å². The minimum absolute atomic E-state index is 0.0317. The van der Waals surface area contributed by atoms with Crippen LogP contribution in [0, 0.1) is 20.8 Å². The van der Waals surface area contributed by atoms with Gasteiger partial charge in [0.25, 0.3) is 11.8 Å². The van der Waals surface area contributed by atoms with Gasteiger partial charge in [-0.05, 0) is 79.9 Å². The fourth-order valence-electron chi connectivity index (χ4n) is 4.76. The van der Waals surface area contributed by atoms with E-state index in [0.717, 1.165) is 22.3 Å². The fourth-order valence-corrected chi connectivity index (χ4v) is 6.39. The lowest BCUT2D eigenvalue weighted by atomic mass is 10.0. The Kier molecular flexibility index (Phi) is 6.74. The molecule has 0 aromatic heterocycles. The molecule has 4 aromatic rings. The van der Waals surface area contributed by atoms with Crippen molar-refractivity contribution in [2.24, 2.45) is 0 Å². The maximum Gasteiger partial charge on any atom is 0.259 e. The van der Waals surface area contributed by atoms with Crippen molar-refractivity contribution in [3.63, 3.8) is 0 Å². The van der Waals surface area contributed by atoms with E-state index >= 15 is 0 Å². The Labute approximate surface area is 228 Å². The van der Waals surface area contributed by atoms with Crippen LogP contribution in [-0.2, 0) is 16.4 Å². The molecular formula is C31H28N2O5S. The highest BCUT2D eigenvalue weighted by Gasteiger charge is 2.36. The maximum atomic E-state index is 13.9. The number of nitrogens with zero attached hydrogens (tertiary/aromatic N) is 1. The number of hydrogen-bond donors (Lipinski definition) is 1. The topological polar surface area (TPSA) is 92.8 Å². The monoisotopic (exact) mass is 540 g/mol. The highest BCUT2D eigenvalue weighted by atomic mass is 32.2. The smallest absolute Gasteiger partial charge is 0.259 e. The van der Waals surface area contributed by atoms with Gasteiger partial charge in [-0.25, -0.2) is 8.42 Å². The summed E-state index contributed by atoms with van der Waals surface area (Å²) in [5, 5.41) is 2.85. The molecule has 0 saturated carbocycles. The van der Waals surface area contributed by atoms with E-state index in [9.17, 15) is 18.0 Å². The third-order valence-electron chi connectivity index (χ3n) is 6.89. The van der Waals surface area contributed by atoms with Gasteiger partial charge in [-0.15, -0.1) is 0 Å². The first-order valence-electron chi connectivity index (χ1n) is 12.4. The molecule has 1 N–H and O–H groups in total. The quantitative estimate of drug-likeness (QED) is 0.342. The molecule has 0 atom stereocenters. The van der Waals surface area contributed by atoms with Crippen LogP contribution >= 0.6 is 0 Å². The zero-order valence-electron chi connectivity index (χ0n) is 22.1. The van der Waals surface area contributed by atoms with Gasteiger partial charge in [-0.2, -0.15) is 0 Å². The fraction of sp³-hybridized carbons (Fsp3) is 0.161. The number of carbonyl (C=O) groups is 2. The Bertz CT molecular complexity index is 1740. The number of sulfone groups is 1. The van der Waals surface area contributed by atoms with Gasteiger partial charge in [0.1, 0.15) is 5.75 Å². The SMILES string of the molecule is COc1ccc(C)cc1NC(=O)c1ccc2c(c1)N(Cc1cc(C)ccc1C)C(=O)c1ccccc1S2(=O)=O. The van der Waals surface area contributed by atoms with E-state index in [-0.39, 0.29) is 33.2 Å². The molecule has 1 aliphatic heterocycles. The maximum absolute atomic E-state index is 13.9. The molecule has 198 valence electrons. The average Bonchev–Trinajstić information content (AvgIpc) is 2.98. The van der Waals surface area contributed by atoms with Crippen LogP contribution in [-0.4, -0.2) is 27.3 Å². The summed E-state index contributed by atoms with van der Waals surface area (Å²) in [4.78, 5) is 28.7. The minimum Gasteiger partial charge on any atom is -0.495 e. The number of methoxy groups -OCH3 is 1. The number of amides is 2. The second kappa shape index (κ2) is 10.0. The third kappa shape index (κ3) is 4.79.